The fraction of sp³-hybridized carbons (Fsp3) is 0.409. The minimum absolute atomic E-state index is 0.533. The fourth-order valence-corrected chi connectivity index (χ4v) is 8.18. The molecule has 0 radical (unpaired) electrons. The Morgan fingerprint density at radius 2 is 1.45 bits per heavy atom. The maximum atomic E-state index is 6.01. The van der Waals surface area contributed by atoms with Crippen LogP contribution in [0.5, 0.6) is 0 Å². The number of thiocarbonyl (C=S) groups is 1. The van der Waals surface area contributed by atoms with Gasteiger partial charge in [-0.2, -0.15) is 0 Å². The Kier molecular flexibility index (Phi) is 8.13. The molecule has 2 heterocycles. The summed E-state index contributed by atoms with van der Waals surface area (Å²) >= 11 is 11.8. The molecule has 4 rings (SSSR count). The Bertz CT molecular complexity index is 895. The molecular formula is C22H28ClN4O2PS. The summed E-state index contributed by atoms with van der Waals surface area (Å²) in [5, 5.41) is 5.83. The predicted molar refractivity (Wildman–Crippen MR) is 131 cm³/mol. The van der Waals surface area contributed by atoms with Crippen molar-refractivity contribution >= 4 is 41.6 Å². The molecular weight excluding hydrogens is 451 g/mol. The van der Waals surface area contributed by atoms with Gasteiger partial charge in [0.15, 0.2) is 5.11 Å². The molecule has 2 aromatic carbocycles. The highest BCUT2D eigenvalue weighted by atomic mass is 35.5. The molecule has 0 unspecified atom stereocenters. The average molecular weight is 479 g/mol. The number of morpholine rings is 2. The van der Waals surface area contributed by atoms with E-state index in [1.165, 1.54) is 5.30 Å². The normalized spacial score (nSPS) is 18.5. The molecule has 0 atom stereocenters. The lowest BCUT2D eigenvalue weighted by molar-refractivity contribution is 0.0579. The van der Waals surface area contributed by atoms with Crippen LogP contribution in [0.2, 0.25) is 5.02 Å². The van der Waals surface area contributed by atoms with Gasteiger partial charge in [-0.05, 0) is 29.9 Å². The van der Waals surface area contributed by atoms with Crippen LogP contribution in [-0.4, -0.2) is 67.1 Å². The quantitative estimate of drug-likeness (QED) is 0.522. The van der Waals surface area contributed by atoms with Crippen LogP contribution in [0.25, 0.3) is 0 Å². The van der Waals surface area contributed by atoms with E-state index in [1.54, 1.807) is 0 Å². The molecule has 166 valence electrons. The molecule has 0 bridgehead atoms. The zero-order valence-corrected chi connectivity index (χ0v) is 19.9. The molecule has 0 aliphatic carbocycles. The summed E-state index contributed by atoms with van der Waals surface area (Å²) in [7, 11) is -2.28. The molecule has 2 aliphatic rings. The summed E-state index contributed by atoms with van der Waals surface area (Å²) in [4.78, 5) is 0. The maximum absolute atomic E-state index is 6.01. The van der Waals surface area contributed by atoms with Crippen molar-refractivity contribution < 1.29 is 9.47 Å². The fourth-order valence-electron chi connectivity index (χ4n) is 3.92. The molecule has 0 aromatic heterocycles. The highest BCUT2D eigenvalue weighted by Gasteiger charge is 2.38. The zero-order chi connectivity index (χ0) is 21.5. The van der Waals surface area contributed by atoms with E-state index < -0.39 is 7.36 Å². The number of ether oxygens (including phenoxy) is 2. The van der Waals surface area contributed by atoms with Gasteiger partial charge in [-0.25, -0.2) is 14.1 Å². The summed E-state index contributed by atoms with van der Waals surface area (Å²) < 4.78 is 21.6. The lowest BCUT2D eigenvalue weighted by Gasteiger charge is -2.46. The minimum atomic E-state index is -2.28. The summed E-state index contributed by atoms with van der Waals surface area (Å²) in [6.07, 6.45) is 0. The Morgan fingerprint density at radius 1 is 0.903 bits per heavy atom. The summed E-state index contributed by atoms with van der Waals surface area (Å²) in [5.74, 6) is 0. The van der Waals surface area contributed by atoms with Gasteiger partial charge < -0.3 is 14.8 Å². The van der Waals surface area contributed by atoms with Crippen molar-refractivity contribution in [2.45, 2.75) is 6.54 Å². The number of rotatable bonds is 5. The highest BCUT2D eigenvalue weighted by Crippen LogP contribution is 2.56. The predicted octanol–water partition coefficient (Wildman–Crippen LogP) is 3.74. The topological polar surface area (TPSA) is 49.3 Å². The minimum Gasteiger partial charge on any atom is -0.379 e. The first-order chi connectivity index (χ1) is 15.2. The molecule has 2 fully saturated rings. The molecule has 6 nitrogen and oxygen atoms in total. The van der Waals surface area contributed by atoms with Gasteiger partial charge in [-0.15, -0.1) is 0 Å². The summed E-state index contributed by atoms with van der Waals surface area (Å²) in [6.45, 7) is 6.79. The number of nitrogens with zero attached hydrogens (tertiary/aromatic N) is 3. The van der Waals surface area contributed by atoms with Crippen LogP contribution in [0, 0.1) is 0 Å². The van der Waals surface area contributed by atoms with Crippen LogP contribution in [0.3, 0.4) is 0 Å². The van der Waals surface area contributed by atoms with E-state index in [9.17, 15) is 0 Å². The lowest BCUT2D eigenvalue weighted by Crippen LogP contribution is -2.46. The molecule has 0 amide bonds. The zero-order valence-electron chi connectivity index (χ0n) is 17.5. The molecule has 31 heavy (non-hydrogen) atoms. The van der Waals surface area contributed by atoms with Gasteiger partial charge in [0.1, 0.15) is 7.36 Å². The van der Waals surface area contributed by atoms with E-state index in [1.807, 2.05) is 30.3 Å². The Balaban J connectivity index is 1.70. The number of hydrogen-bond donors (Lipinski definition) is 1. The standard InChI is InChI=1S/C22H28ClN4O2PS/c23-20-8-6-19(7-9-20)18-24-22(31)25-30(21-4-2-1-3-5-21,26-10-14-28-15-11-26)27-12-16-29-17-13-27/h1-9H,10-18H2,(H,24,31). The van der Waals surface area contributed by atoms with Gasteiger partial charge in [-0.3, -0.25) is 0 Å². The third-order valence-corrected chi connectivity index (χ3v) is 9.92. The van der Waals surface area contributed by atoms with Crippen molar-refractivity contribution in [3.8, 4) is 0 Å². The maximum Gasteiger partial charge on any atom is 0.194 e. The molecule has 0 saturated carbocycles. The number of nitrogens with one attached hydrogen (secondary N) is 1. The average Bonchev–Trinajstić information content (AvgIpc) is 2.84. The Morgan fingerprint density at radius 3 is 2.00 bits per heavy atom. The monoisotopic (exact) mass is 478 g/mol. The van der Waals surface area contributed by atoms with Gasteiger partial charge in [0.05, 0.1) is 26.4 Å². The van der Waals surface area contributed by atoms with Crippen molar-refractivity contribution in [3.63, 3.8) is 0 Å². The molecule has 2 saturated heterocycles. The third kappa shape index (κ3) is 5.55. The van der Waals surface area contributed by atoms with Crippen LogP contribution in [0.15, 0.2) is 59.3 Å². The Hall–Kier alpha value is -1.31. The molecule has 1 N–H and O–H groups in total. The summed E-state index contributed by atoms with van der Waals surface area (Å²) in [6, 6.07) is 18.4. The second kappa shape index (κ2) is 11.0. The summed E-state index contributed by atoms with van der Waals surface area (Å²) in [5.41, 5.74) is 1.11. The van der Waals surface area contributed by atoms with E-state index in [2.05, 4.69) is 38.9 Å². The van der Waals surface area contributed by atoms with Crippen molar-refractivity contribution in [1.82, 2.24) is 14.7 Å². The molecule has 9 heteroatoms. The van der Waals surface area contributed by atoms with E-state index in [0.29, 0.717) is 38.1 Å². The molecule has 0 spiro atoms. The van der Waals surface area contributed by atoms with Gasteiger partial charge in [0.2, 0.25) is 0 Å². The van der Waals surface area contributed by atoms with Gasteiger partial charge >= 0.3 is 0 Å². The first kappa shape index (κ1) is 22.9. The van der Waals surface area contributed by atoms with Crippen molar-refractivity contribution in [1.29, 1.82) is 0 Å². The first-order valence-corrected chi connectivity index (χ1v) is 13.0. The molecule has 2 aliphatic heterocycles. The van der Waals surface area contributed by atoms with Crippen LogP contribution in [0.4, 0.5) is 0 Å². The lowest BCUT2D eigenvalue weighted by atomic mass is 10.2. The van der Waals surface area contributed by atoms with E-state index in [4.69, 9.17) is 38.0 Å². The Labute approximate surface area is 194 Å². The van der Waals surface area contributed by atoms with E-state index in [-0.39, 0.29) is 0 Å². The van der Waals surface area contributed by atoms with Gasteiger partial charge in [0.25, 0.3) is 0 Å². The van der Waals surface area contributed by atoms with Crippen molar-refractivity contribution in [2.24, 2.45) is 4.74 Å². The number of halogens is 1. The van der Waals surface area contributed by atoms with Crippen molar-refractivity contribution in [3.05, 3.63) is 65.2 Å². The second-order valence-electron chi connectivity index (χ2n) is 7.42. The molecule has 2 aromatic rings. The number of benzene rings is 2. The van der Waals surface area contributed by atoms with Gasteiger partial charge in [0, 0.05) is 43.1 Å². The van der Waals surface area contributed by atoms with E-state index >= 15 is 0 Å². The van der Waals surface area contributed by atoms with Crippen LogP contribution >= 0.6 is 31.2 Å². The van der Waals surface area contributed by atoms with Crippen LogP contribution in [-0.2, 0) is 16.0 Å². The second-order valence-corrected chi connectivity index (χ2v) is 11.2. The van der Waals surface area contributed by atoms with Crippen molar-refractivity contribution in [2.75, 3.05) is 52.6 Å². The first-order valence-electron chi connectivity index (χ1n) is 10.5. The highest BCUT2D eigenvalue weighted by molar-refractivity contribution is 7.81. The largest absolute Gasteiger partial charge is 0.379 e. The number of hydrogen-bond acceptors (Lipinski definition) is 3. The SMILES string of the molecule is S=C(N=P(c1ccccc1)(N1CCOCC1)N1CCOCC1)NCc1ccc(Cl)cc1. The van der Waals surface area contributed by atoms with Crippen LogP contribution in [0.1, 0.15) is 5.56 Å². The van der Waals surface area contributed by atoms with Crippen LogP contribution < -0.4 is 10.6 Å². The third-order valence-electron chi connectivity index (χ3n) is 5.45. The smallest absolute Gasteiger partial charge is 0.194 e. The van der Waals surface area contributed by atoms with E-state index in [0.717, 1.165) is 36.8 Å². The van der Waals surface area contributed by atoms with Gasteiger partial charge in [-0.1, -0.05) is 54.1 Å².